The predicted octanol–water partition coefficient (Wildman–Crippen LogP) is 1.31. The molecule has 5 nitrogen and oxygen atoms in total. The fourth-order valence-electron chi connectivity index (χ4n) is 2.72. The molecule has 1 N–H and O–H groups in total. The number of hydrogen-bond donors (Lipinski definition) is 1. The molecular weight excluding hydrogens is 250 g/mol. The van der Waals surface area contributed by atoms with Crippen molar-refractivity contribution in [1.82, 2.24) is 25.1 Å². The molecule has 108 valence electrons. The fraction of sp³-hybridized carbons (Fsp3) is 0.533. The molecular formula is C15H23N5. The summed E-state index contributed by atoms with van der Waals surface area (Å²) < 4.78 is 2.08. The van der Waals surface area contributed by atoms with Crippen molar-refractivity contribution in [3.63, 3.8) is 0 Å². The van der Waals surface area contributed by atoms with Crippen LogP contribution in [0.15, 0.2) is 24.3 Å². The third kappa shape index (κ3) is 2.70. The van der Waals surface area contributed by atoms with Gasteiger partial charge in [-0.15, -0.1) is 0 Å². The first-order chi connectivity index (χ1) is 9.78. The molecule has 1 aliphatic heterocycles. The summed E-state index contributed by atoms with van der Waals surface area (Å²) in [6.07, 6.45) is 0. The number of nitrogens with zero attached hydrogens (tertiary/aromatic N) is 4. The topological polar surface area (TPSA) is 36.3 Å². The van der Waals surface area contributed by atoms with Gasteiger partial charge in [0.2, 0.25) is 0 Å². The van der Waals surface area contributed by atoms with E-state index >= 15 is 0 Å². The summed E-state index contributed by atoms with van der Waals surface area (Å²) in [6.45, 7) is 8.24. The number of hydrazine groups is 1. The number of para-hydroxylation sites is 1. The summed E-state index contributed by atoms with van der Waals surface area (Å²) in [5, 5.41) is 8.29. The zero-order valence-corrected chi connectivity index (χ0v) is 12.3. The maximum atomic E-state index is 4.72. The lowest BCUT2D eigenvalue weighted by atomic mass is 10.2. The van der Waals surface area contributed by atoms with Gasteiger partial charge in [0.05, 0.1) is 17.8 Å². The minimum absolute atomic E-state index is 0.803. The molecule has 0 spiro atoms. The van der Waals surface area contributed by atoms with Gasteiger partial charge in [0, 0.05) is 38.1 Å². The van der Waals surface area contributed by atoms with Gasteiger partial charge >= 0.3 is 0 Å². The lowest BCUT2D eigenvalue weighted by molar-refractivity contribution is 0.102. The third-order valence-electron chi connectivity index (χ3n) is 4.01. The van der Waals surface area contributed by atoms with Crippen molar-refractivity contribution in [3.05, 3.63) is 30.0 Å². The summed E-state index contributed by atoms with van der Waals surface area (Å²) in [5.74, 6) is 0. The van der Waals surface area contributed by atoms with Crippen molar-refractivity contribution >= 4 is 10.9 Å². The number of fused-ring (bicyclic) bond motifs is 1. The highest BCUT2D eigenvalue weighted by atomic mass is 15.5. The highest BCUT2D eigenvalue weighted by Crippen LogP contribution is 2.18. The van der Waals surface area contributed by atoms with Crippen LogP contribution in [0.4, 0.5) is 0 Å². The Balaban J connectivity index is 1.71. The van der Waals surface area contributed by atoms with E-state index in [-0.39, 0.29) is 0 Å². The van der Waals surface area contributed by atoms with Crippen molar-refractivity contribution in [2.24, 2.45) is 0 Å². The second-order valence-electron chi connectivity index (χ2n) is 5.40. The smallest absolute Gasteiger partial charge is 0.0855 e. The molecule has 0 aliphatic carbocycles. The number of hydrogen-bond acceptors (Lipinski definition) is 4. The summed E-state index contributed by atoms with van der Waals surface area (Å²) in [6, 6.07) is 8.47. The van der Waals surface area contributed by atoms with E-state index in [0.29, 0.717) is 0 Å². The fourth-order valence-corrected chi connectivity index (χ4v) is 2.72. The Morgan fingerprint density at radius 1 is 1.15 bits per heavy atom. The highest BCUT2D eigenvalue weighted by molar-refractivity contribution is 5.81. The number of aryl methyl sites for hydroxylation is 1. The molecule has 0 unspecified atom stereocenters. The average molecular weight is 273 g/mol. The van der Waals surface area contributed by atoms with Gasteiger partial charge in [0.25, 0.3) is 0 Å². The van der Waals surface area contributed by atoms with E-state index in [0.717, 1.165) is 45.0 Å². The van der Waals surface area contributed by atoms with Crippen molar-refractivity contribution in [3.8, 4) is 0 Å². The second kappa shape index (κ2) is 5.91. The zero-order valence-electron chi connectivity index (χ0n) is 12.3. The Morgan fingerprint density at radius 2 is 1.90 bits per heavy atom. The molecule has 5 heteroatoms. The molecule has 1 aromatic heterocycles. The van der Waals surface area contributed by atoms with E-state index in [1.54, 1.807) is 0 Å². The molecule has 1 fully saturated rings. The quantitative estimate of drug-likeness (QED) is 0.911. The van der Waals surface area contributed by atoms with Crippen LogP contribution >= 0.6 is 0 Å². The molecule has 1 saturated heterocycles. The Bertz CT molecular complexity index is 569. The SMILES string of the molecule is CCn1nc(CNN2CCN(C)CC2)c2ccccc21. The largest absolute Gasteiger partial charge is 0.304 e. The van der Waals surface area contributed by atoms with Gasteiger partial charge < -0.3 is 4.90 Å². The molecule has 0 amide bonds. The number of rotatable bonds is 4. The van der Waals surface area contributed by atoms with Crippen LogP contribution in [0.25, 0.3) is 10.9 Å². The molecule has 0 bridgehead atoms. The molecule has 0 radical (unpaired) electrons. The number of nitrogens with one attached hydrogen (secondary N) is 1. The van der Waals surface area contributed by atoms with Crippen molar-refractivity contribution in [1.29, 1.82) is 0 Å². The summed E-state index contributed by atoms with van der Waals surface area (Å²) in [5.41, 5.74) is 5.89. The Morgan fingerprint density at radius 3 is 2.65 bits per heavy atom. The van der Waals surface area contributed by atoms with Gasteiger partial charge in [0.15, 0.2) is 0 Å². The first-order valence-electron chi connectivity index (χ1n) is 7.39. The summed E-state index contributed by atoms with van der Waals surface area (Å²) in [4.78, 5) is 2.36. The van der Waals surface area contributed by atoms with E-state index in [1.807, 2.05) is 0 Å². The lowest BCUT2D eigenvalue weighted by Gasteiger charge is -2.32. The van der Waals surface area contributed by atoms with Crippen LogP contribution in [0.5, 0.6) is 0 Å². The van der Waals surface area contributed by atoms with E-state index in [4.69, 9.17) is 5.10 Å². The number of aromatic nitrogens is 2. The van der Waals surface area contributed by atoms with E-state index in [2.05, 4.69) is 58.3 Å². The van der Waals surface area contributed by atoms with Gasteiger partial charge in [-0.1, -0.05) is 18.2 Å². The minimum atomic E-state index is 0.803. The molecule has 2 aromatic rings. The van der Waals surface area contributed by atoms with Crippen LogP contribution in [0.1, 0.15) is 12.6 Å². The number of likely N-dealkylation sites (N-methyl/N-ethyl adjacent to an activating group) is 1. The van der Waals surface area contributed by atoms with Crippen LogP contribution in [0.3, 0.4) is 0 Å². The zero-order chi connectivity index (χ0) is 13.9. The predicted molar refractivity (Wildman–Crippen MR) is 81.3 cm³/mol. The van der Waals surface area contributed by atoms with Crippen LogP contribution in [-0.2, 0) is 13.1 Å². The Kier molecular flexibility index (Phi) is 4.00. The molecule has 3 rings (SSSR count). The van der Waals surface area contributed by atoms with Crippen LogP contribution in [0.2, 0.25) is 0 Å². The first kappa shape index (κ1) is 13.5. The maximum absolute atomic E-state index is 4.72. The number of piperazine rings is 1. The van der Waals surface area contributed by atoms with E-state index in [9.17, 15) is 0 Å². The van der Waals surface area contributed by atoms with Crippen molar-refractivity contribution in [2.75, 3.05) is 33.2 Å². The second-order valence-corrected chi connectivity index (χ2v) is 5.40. The van der Waals surface area contributed by atoms with E-state index in [1.165, 1.54) is 10.9 Å². The standard InChI is InChI=1S/C15H23N5/c1-3-20-15-7-5-4-6-13(15)14(17-20)12-16-19-10-8-18(2)9-11-19/h4-7,16H,3,8-12H2,1-2H3. The van der Waals surface area contributed by atoms with Crippen molar-refractivity contribution < 1.29 is 0 Å². The van der Waals surface area contributed by atoms with Crippen molar-refractivity contribution in [2.45, 2.75) is 20.0 Å². The monoisotopic (exact) mass is 273 g/mol. The van der Waals surface area contributed by atoms with Crippen LogP contribution in [-0.4, -0.2) is 52.9 Å². The van der Waals surface area contributed by atoms with Gasteiger partial charge in [-0.25, -0.2) is 10.4 Å². The average Bonchev–Trinajstić information content (AvgIpc) is 2.85. The molecule has 1 aliphatic rings. The maximum Gasteiger partial charge on any atom is 0.0855 e. The normalized spacial score (nSPS) is 17.9. The first-order valence-corrected chi connectivity index (χ1v) is 7.39. The molecule has 0 atom stereocenters. The van der Waals surface area contributed by atoms with Gasteiger partial charge in [0.1, 0.15) is 0 Å². The van der Waals surface area contributed by atoms with Gasteiger partial charge in [-0.05, 0) is 20.0 Å². The molecule has 0 saturated carbocycles. The minimum Gasteiger partial charge on any atom is -0.304 e. The Hall–Kier alpha value is -1.43. The van der Waals surface area contributed by atoms with Crippen LogP contribution < -0.4 is 5.43 Å². The van der Waals surface area contributed by atoms with Gasteiger partial charge in [-0.2, -0.15) is 5.10 Å². The number of benzene rings is 1. The Labute approximate surface area is 120 Å². The molecule has 1 aromatic carbocycles. The van der Waals surface area contributed by atoms with E-state index < -0.39 is 0 Å². The lowest BCUT2D eigenvalue weighted by Crippen LogP contribution is -2.50. The summed E-state index contributed by atoms with van der Waals surface area (Å²) in [7, 11) is 2.17. The third-order valence-corrected chi connectivity index (χ3v) is 4.01. The summed E-state index contributed by atoms with van der Waals surface area (Å²) >= 11 is 0. The molecule has 2 heterocycles. The van der Waals surface area contributed by atoms with Gasteiger partial charge in [-0.3, -0.25) is 4.68 Å². The van der Waals surface area contributed by atoms with Crippen LogP contribution in [0, 0.1) is 0 Å². The highest BCUT2D eigenvalue weighted by Gasteiger charge is 2.14. The molecule has 20 heavy (non-hydrogen) atoms.